The van der Waals surface area contributed by atoms with Gasteiger partial charge in [-0.05, 0) is 18.6 Å². The van der Waals surface area contributed by atoms with Crippen molar-refractivity contribution in [3.63, 3.8) is 0 Å². The summed E-state index contributed by atoms with van der Waals surface area (Å²) in [6.45, 7) is 1.92. The number of carbonyl (C=O) groups is 1. The lowest BCUT2D eigenvalue weighted by molar-refractivity contribution is -0.118. The zero-order chi connectivity index (χ0) is 9.23. The standard InChI is InChI=1S/C5H5N.C4H9NO/c1-2-4-6-5-3-1;1-2-3-4(5)6/h1-5H;2-3H2,1H3,(H2,5,6). The zero-order valence-electron chi connectivity index (χ0n) is 7.23. The van der Waals surface area contributed by atoms with Gasteiger partial charge >= 0.3 is 0 Å². The molecule has 0 bridgehead atoms. The second-order valence-corrected chi connectivity index (χ2v) is 2.24. The van der Waals surface area contributed by atoms with E-state index in [-0.39, 0.29) is 5.91 Å². The third-order valence-corrected chi connectivity index (χ3v) is 1.06. The predicted octanol–water partition coefficient (Wildman–Crippen LogP) is 1.35. The largest absolute Gasteiger partial charge is 0.370 e. The fourth-order valence-electron chi connectivity index (χ4n) is 0.559. The molecule has 3 nitrogen and oxygen atoms in total. The zero-order valence-corrected chi connectivity index (χ0v) is 7.23. The second-order valence-electron chi connectivity index (χ2n) is 2.24. The fraction of sp³-hybridized carbons (Fsp3) is 0.333. The molecule has 1 aromatic rings. The van der Waals surface area contributed by atoms with Crippen LogP contribution in [0.4, 0.5) is 0 Å². The van der Waals surface area contributed by atoms with Crippen LogP contribution in [0.5, 0.6) is 0 Å². The molecule has 0 aliphatic carbocycles. The number of carbonyl (C=O) groups excluding carboxylic acids is 1. The van der Waals surface area contributed by atoms with Gasteiger partial charge in [0, 0.05) is 18.8 Å². The van der Waals surface area contributed by atoms with Gasteiger partial charge in [-0.1, -0.05) is 13.0 Å². The van der Waals surface area contributed by atoms with Crippen LogP contribution in [0.3, 0.4) is 0 Å². The Balaban J connectivity index is 0.000000202. The van der Waals surface area contributed by atoms with Crippen LogP contribution < -0.4 is 5.73 Å². The van der Waals surface area contributed by atoms with Crippen molar-refractivity contribution in [3.05, 3.63) is 30.6 Å². The van der Waals surface area contributed by atoms with E-state index in [1.165, 1.54) is 0 Å². The molecule has 1 aromatic heterocycles. The van der Waals surface area contributed by atoms with Crippen LogP contribution in [0.1, 0.15) is 19.8 Å². The molecule has 0 fully saturated rings. The molecule has 0 saturated carbocycles. The molecule has 1 amide bonds. The number of primary amides is 1. The Morgan fingerprint density at radius 1 is 1.33 bits per heavy atom. The summed E-state index contributed by atoms with van der Waals surface area (Å²) in [6, 6.07) is 5.72. The van der Waals surface area contributed by atoms with Crippen LogP contribution in [0.2, 0.25) is 0 Å². The van der Waals surface area contributed by atoms with Crippen molar-refractivity contribution in [3.8, 4) is 0 Å². The molecule has 0 saturated heterocycles. The molecule has 0 aliphatic heterocycles. The van der Waals surface area contributed by atoms with Crippen LogP contribution in [0.15, 0.2) is 30.6 Å². The SMILES string of the molecule is CCCC(N)=O.c1ccncc1. The smallest absolute Gasteiger partial charge is 0.217 e. The van der Waals surface area contributed by atoms with Crippen LogP contribution in [0.25, 0.3) is 0 Å². The van der Waals surface area contributed by atoms with E-state index in [4.69, 9.17) is 5.73 Å². The number of nitrogens with two attached hydrogens (primary N) is 1. The van der Waals surface area contributed by atoms with E-state index >= 15 is 0 Å². The van der Waals surface area contributed by atoms with Crippen LogP contribution in [-0.2, 0) is 4.79 Å². The number of hydrogen-bond donors (Lipinski definition) is 1. The summed E-state index contributed by atoms with van der Waals surface area (Å²) in [4.78, 5) is 13.6. The van der Waals surface area contributed by atoms with Crippen molar-refractivity contribution in [1.82, 2.24) is 4.98 Å². The molecule has 0 aliphatic rings. The van der Waals surface area contributed by atoms with Gasteiger partial charge in [-0.3, -0.25) is 9.78 Å². The Morgan fingerprint density at radius 3 is 2.00 bits per heavy atom. The first-order chi connectivity index (χ1) is 5.77. The van der Waals surface area contributed by atoms with Gasteiger partial charge in [0.15, 0.2) is 0 Å². The number of aromatic nitrogens is 1. The highest BCUT2D eigenvalue weighted by Crippen LogP contribution is 1.79. The van der Waals surface area contributed by atoms with E-state index in [0.29, 0.717) is 6.42 Å². The maximum atomic E-state index is 9.82. The molecule has 12 heavy (non-hydrogen) atoms. The number of hydrogen-bond acceptors (Lipinski definition) is 2. The van der Waals surface area contributed by atoms with E-state index in [2.05, 4.69) is 4.98 Å². The Labute approximate surface area is 72.6 Å². The number of nitrogens with zero attached hydrogens (tertiary/aromatic N) is 1. The Kier molecular flexibility index (Phi) is 6.84. The maximum Gasteiger partial charge on any atom is 0.217 e. The first-order valence-corrected chi connectivity index (χ1v) is 3.90. The van der Waals surface area contributed by atoms with Crippen molar-refractivity contribution in [2.75, 3.05) is 0 Å². The average Bonchev–Trinajstić information content (AvgIpc) is 2.08. The van der Waals surface area contributed by atoms with E-state index in [0.717, 1.165) is 6.42 Å². The minimum Gasteiger partial charge on any atom is -0.370 e. The van der Waals surface area contributed by atoms with Crippen molar-refractivity contribution in [1.29, 1.82) is 0 Å². The number of amides is 1. The molecular weight excluding hydrogens is 152 g/mol. The third-order valence-electron chi connectivity index (χ3n) is 1.06. The molecular formula is C9H14N2O. The van der Waals surface area contributed by atoms with Gasteiger partial charge in [0.05, 0.1) is 0 Å². The van der Waals surface area contributed by atoms with Crippen molar-refractivity contribution in [2.45, 2.75) is 19.8 Å². The lowest BCUT2D eigenvalue weighted by atomic mass is 10.3. The maximum absolute atomic E-state index is 9.82. The minimum absolute atomic E-state index is 0.211. The fourth-order valence-corrected chi connectivity index (χ4v) is 0.559. The van der Waals surface area contributed by atoms with Crippen LogP contribution in [0, 0.1) is 0 Å². The highest BCUT2D eigenvalue weighted by Gasteiger charge is 1.84. The van der Waals surface area contributed by atoms with Gasteiger partial charge in [0.1, 0.15) is 0 Å². The molecule has 1 rings (SSSR count). The summed E-state index contributed by atoms with van der Waals surface area (Å²) in [7, 11) is 0. The van der Waals surface area contributed by atoms with Gasteiger partial charge in [0.2, 0.25) is 5.91 Å². The molecule has 0 aromatic carbocycles. The van der Waals surface area contributed by atoms with E-state index < -0.39 is 0 Å². The summed E-state index contributed by atoms with van der Waals surface area (Å²) in [6.07, 6.45) is 4.87. The molecule has 2 N–H and O–H groups in total. The lowest BCUT2D eigenvalue weighted by Crippen LogP contribution is -2.08. The quantitative estimate of drug-likeness (QED) is 0.721. The van der Waals surface area contributed by atoms with Gasteiger partial charge in [-0.25, -0.2) is 0 Å². The molecule has 0 spiro atoms. The molecule has 1 heterocycles. The van der Waals surface area contributed by atoms with Crippen LogP contribution in [-0.4, -0.2) is 10.9 Å². The molecule has 0 atom stereocenters. The Morgan fingerprint density at radius 2 is 1.92 bits per heavy atom. The number of pyridine rings is 1. The van der Waals surface area contributed by atoms with Crippen LogP contribution >= 0.6 is 0 Å². The first-order valence-electron chi connectivity index (χ1n) is 3.90. The highest BCUT2D eigenvalue weighted by molar-refractivity contribution is 5.73. The molecule has 0 unspecified atom stereocenters. The first kappa shape index (κ1) is 10.6. The van der Waals surface area contributed by atoms with Crippen molar-refractivity contribution < 1.29 is 4.79 Å². The minimum atomic E-state index is -0.211. The molecule has 3 heteroatoms. The lowest BCUT2D eigenvalue weighted by Gasteiger charge is -1.81. The monoisotopic (exact) mass is 166 g/mol. The normalized spacial score (nSPS) is 8.08. The molecule has 66 valence electrons. The van der Waals surface area contributed by atoms with Gasteiger partial charge in [0.25, 0.3) is 0 Å². The Bertz CT molecular complexity index is 172. The summed E-state index contributed by atoms with van der Waals surface area (Å²) in [5.41, 5.74) is 4.76. The summed E-state index contributed by atoms with van der Waals surface area (Å²) in [5.74, 6) is -0.211. The van der Waals surface area contributed by atoms with Gasteiger partial charge < -0.3 is 5.73 Å². The highest BCUT2D eigenvalue weighted by atomic mass is 16.1. The van der Waals surface area contributed by atoms with Gasteiger partial charge in [-0.15, -0.1) is 0 Å². The predicted molar refractivity (Wildman–Crippen MR) is 48.3 cm³/mol. The topological polar surface area (TPSA) is 56.0 Å². The van der Waals surface area contributed by atoms with Crippen molar-refractivity contribution in [2.24, 2.45) is 5.73 Å². The molecule has 0 radical (unpaired) electrons. The Hall–Kier alpha value is -1.38. The third kappa shape index (κ3) is 8.62. The van der Waals surface area contributed by atoms with E-state index in [9.17, 15) is 4.79 Å². The average molecular weight is 166 g/mol. The second kappa shape index (κ2) is 7.72. The van der Waals surface area contributed by atoms with E-state index in [1.807, 2.05) is 25.1 Å². The van der Waals surface area contributed by atoms with Crippen molar-refractivity contribution >= 4 is 5.91 Å². The summed E-state index contributed by atoms with van der Waals surface area (Å²) < 4.78 is 0. The van der Waals surface area contributed by atoms with Gasteiger partial charge in [-0.2, -0.15) is 0 Å². The summed E-state index contributed by atoms with van der Waals surface area (Å²) >= 11 is 0. The summed E-state index contributed by atoms with van der Waals surface area (Å²) in [5, 5.41) is 0. The number of rotatable bonds is 2. The van der Waals surface area contributed by atoms with E-state index in [1.54, 1.807) is 12.4 Å².